The van der Waals surface area contributed by atoms with Crippen molar-refractivity contribution in [2.75, 3.05) is 11.9 Å². The predicted octanol–water partition coefficient (Wildman–Crippen LogP) is 1.49. The zero-order chi connectivity index (χ0) is 15.4. The molecule has 3 N–H and O–H groups in total. The summed E-state index contributed by atoms with van der Waals surface area (Å²) in [6.07, 6.45) is 1.88. The number of carbonyl (C=O) groups excluding carboxylic acids is 2. The number of carbonyl (C=O) groups is 3. The average Bonchev–Trinajstić information content (AvgIpc) is 3.29. The second kappa shape index (κ2) is 6.39. The standard InChI is InChI=1S/C15H18N2O4/c1-9(15(20)21)8-16-13(18)10-4-6-12(7-5-10)17-14(19)11-2-3-11/h4-7,9,11H,2-3,8H2,1H3,(H,16,18)(H,17,19)(H,20,21). The Morgan fingerprint density at radius 2 is 1.86 bits per heavy atom. The number of hydrogen-bond acceptors (Lipinski definition) is 3. The van der Waals surface area contributed by atoms with Crippen LogP contribution in [0.4, 0.5) is 5.69 Å². The number of amides is 2. The molecule has 0 saturated heterocycles. The number of benzene rings is 1. The maximum Gasteiger partial charge on any atom is 0.308 e. The highest BCUT2D eigenvalue weighted by molar-refractivity contribution is 5.96. The molecule has 2 amide bonds. The van der Waals surface area contributed by atoms with Crippen molar-refractivity contribution in [3.63, 3.8) is 0 Å². The van der Waals surface area contributed by atoms with Crippen molar-refractivity contribution >= 4 is 23.5 Å². The lowest BCUT2D eigenvalue weighted by Gasteiger charge is -2.09. The molecule has 1 aromatic carbocycles. The molecule has 0 spiro atoms. The minimum absolute atomic E-state index is 0.0162. The van der Waals surface area contributed by atoms with Crippen LogP contribution in [0, 0.1) is 11.8 Å². The Bertz CT molecular complexity index is 549. The van der Waals surface area contributed by atoms with Gasteiger partial charge in [0, 0.05) is 23.7 Å². The summed E-state index contributed by atoms with van der Waals surface area (Å²) < 4.78 is 0. The van der Waals surface area contributed by atoms with Crippen LogP contribution < -0.4 is 10.6 Å². The normalized spacial score (nSPS) is 15.1. The van der Waals surface area contributed by atoms with E-state index in [-0.39, 0.29) is 24.3 Å². The van der Waals surface area contributed by atoms with Gasteiger partial charge in [-0.05, 0) is 37.1 Å². The summed E-state index contributed by atoms with van der Waals surface area (Å²) >= 11 is 0. The van der Waals surface area contributed by atoms with Gasteiger partial charge in [-0.2, -0.15) is 0 Å². The van der Waals surface area contributed by atoms with E-state index in [1.165, 1.54) is 6.92 Å². The van der Waals surface area contributed by atoms with Crippen molar-refractivity contribution in [2.24, 2.45) is 11.8 Å². The molecule has 1 fully saturated rings. The van der Waals surface area contributed by atoms with E-state index in [4.69, 9.17) is 5.11 Å². The summed E-state index contributed by atoms with van der Waals surface area (Å²) in [5, 5.41) is 14.1. The van der Waals surface area contributed by atoms with Gasteiger partial charge in [0.1, 0.15) is 0 Å². The Morgan fingerprint density at radius 1 is 1.24 bits per heavy atom. The number of anilines is 1. The molecule has 6 nitrogen and oxygen atoms in total. The molecule has 1 saturated carbocycles. The Morgan fingerprint density at radius 3 is 2.38 bits per heavy atom. The first kappa shape index (κ1) is 15.0. The highest BCUT2D eigenvalue weighted by atomic mass is 16.4. The molecule has 0 aliphatic heterocycles. The predicted molar refractivity (Wildman–Crippen MR) is 76.9 cm³/mol. The molecule has 1 unspecified atom stereocenters. The zero-order valence-electron chi connectivity index (χ0n) is 11.8. The van der Waals surface area contributed by atoms with Gasteiger partial charge in [-0.1, -0.05) is 6.92 Å². The molecule has 1 aliphatic rings. The molecule has 0 aromatic heterocycles. The lowest BCUT2D eigenvalue weighted by Crippen LogP contribution is -2.31. The highest BCUT2D eigenvalue weighted by Gasteiger charge is 2.29. The largest absolute Gasteiger partial charge is 0.481 e. The van der Waals surface area contributed by atoms with Crippen LogP contribution in [-0.2, 0) is 9.59 Å². The Balaban J connectivity index is 1.87. The summed E-state index contributed by atoms with van der Waals surface area (Å²) in [6.45, 7) is 1.60. The topological polar surface area (TPSA) is 95.5 Å². The molecule has 0 heterocycles. The van der Waals surface area contributed by atoms with Crippen molar-refractivity contribution in [1.29, 1.82) is 0 Å². The first-order valence-electron chi connectivity index (χ1n) is 6.89. The lowest BCUT2D eigenvalue weighted by molar-refractivity contribution is -0.140. The van der Waals surface area contributed by atoms with E-state index in [9.17, 15) is 14.4 Å². The third-order valence-corrected chi connectivity index (χ3v) is 3.35. The third-order valence-electron chi connectivity index (χ3n) is 3.35. The Kier molecular flexibility index (Phi) is 4.57. The number of nitrogens with one attached hydrogen (secondary N) is 2. The van der Waals surface area contributed by atoms with E-state index in [0.717, 1.165) is 12.8 Å². The number of carboxylic acid groups (broad SMARTS) is 1. The van der Waals surface area contributed by atoms with Crippen LogP contribution in [0.1, 0.15) is 30.1 Å². The van der Waals surface area contributed by atoms with Gasteiger partial charge in [-0.25, -0.2) is 0 Å². The maximum atomic E-state index is 11.8. The molecule has 0 radical (unpaired) electrons. The van der Waals surface area contributed by atoms with Crippen LogP contribution >= 0.6 is 0 Å². The molecule has 1 aromatic rings. The van der Waals surface area contributed by atoms with Gasteiger partial charge in [-0.3, -0.25) is 14.4 Å². The van der Waals surface area contributed by atoms with Crippen LogP contribution in [0.3, 0.4) is 0 Å². The molecule has 21 heavy (non-hydrogen) atoms. The lowest BCUT2D eigenvalue weighted by atomic mass is 10.1. The van der Waals surface area contributed by atoms with Crippen molar-refractivity contribution in [1.82, 2.24) is 5.32 Å². The fourth-order valence-corrected chi connectivity index (χ4v) is 1.73. The van der Waals surface area contributed by atoms with Crippen LogP contribution in [-0.4, -0.2) is 29.4 Å². The molecule has 2 rings (SSSR count). The van der Waals surface area contributed by atoms with E-state index in [1.54, 1.807) is 24.3 Å². The average molecular weight is 290 g/mol. The second-order valence-corrected chi connectivity index (χ2v) is 5.29. The third kappa shape index (κ3) is 4.30. The van der Waals surface area contributed by atoms with Crippen LogP contribution in [0.5, 0.6) is 0 Å². The summed E-state index contributed by atoms with van der Waals surface area (Å²) in [4.78, 5) is 34.1. The van der Waals surface area contributed by atoms with Gasteiger partial charge < -0.3 is 15.7 Å². The van der Waals surface area contributed by atoms with Gasteiger partial charge in [0.25, 0.3) is 5.91 Å². The number of hydrogen-bond donors (Lipinski definition) is 3. The molecule has 1 aliphatic carbocycles. The van der Waals surface area contributed by atoms with Gasteiger partial charge >= 0.3 is 5.97 Å². The van der Waals surface area contributed by atoms with Gasteiger partial charge in [0.05, 0.1) is 5.92 Å². The number of rotatable bonds is 6. The van der Waals surface area contributed by atoms with Gasteiger partial charge in [0.2, 0.25) is 5.91 Å². The first-order chi connectivity index (χ1) is 9.97. The fourth-order valence-electron chi connectivity index (χ4n) is 1.73. The molecule has 112 valence electrons. The van der Waals surface area contributed by atoms with Crippen molar-refractivity contribution in [3.05, 3.63) is 29.8 Å². The minimum atomic E-state index is -0.951. The summed E-state index contributed by atoms with van der Waals surface area (Å²) in [5.74, 6) is -1.77. The Labute approximate surface area is 122 Å². The molecule has 6 heteroatoms. The van der Waals surface area contributed by atoms with E-state index >= 15 is 0 Å². The minimum Gasteiger partial charge on any atom is -0.481 e. The molecular formula is C15H18N2O4. The first-order valence-corrected chi connectivity index (χ1v) is 6.89. The fraction of sp³-hybridized carbons (Fsp3) is 0.400. The second-order valence-electron chi connectivity index (χ2n) is 5.29. The molecular weight excluding hydrogens is 272 g/mol. The summed E-state index contributed by atoms with van der Waals surface area (Å²) in [5.41, 5.74) is 1.08. The number of aliphatic carboxylic acids is 1. The monoisotopic (exact) mass is 290 g/mol. The van der Waals surface area contributed by atoms with Crippen LogP contribution in [0.25, 0.3) is 0 Å². The van der Waals surface area contributed by atoms with Crippen molar-refractivity contribution in [2.45, 2.75) is 19.8 Å². The van der Waals surface area contributed by atoms with Crippen molar-refractivity contribution in [3.8, 4) is 0 Å². The quantitative estimate of drug-likeness (QED) is 0.739. The van der Waals surface area contributed by atoms with Crippen LogP contribution in [0.15, 0.2) is 24.3 Å². The molecule has 1 atom stereocenters. The summed E-state index contributed by atoms with van der Waals surface area (Å²) in [6, 6.07) is 6.53. The van der Waals surface area contributed by atoms with Gasteiger partial charge in [-0.15, -0.1) is 0 Å². The van der Waals surface area contributed by atoms with Crippen LogP contribution in [0.2, 0.25) is 0 Å². The van der Waals surface area contributed by atoms with E-state index < -0.39 is 11.9 Å². The summed E-state index contributed by atoms with van der Waals surface area (Å²) in [7, 11) is 0. The molecule has 0 bridgehead atoms. The van der Waals surface area contributed by atoms with Crippen molar-refractivity contribution < 1.29 is 19.5 Å². The smallest absolute Gasteiger partial charge is 0.308 e. The van der Waals surface area contributed by atoms with Gasteiger partial charge in [0.15, 0.2) is 0 Å². The maximum absolute atomic E-state index is 11.8. The van der Waals surface area contributed by atoms with E-state index in [2.05, 4.69) is 10.6 Å². The van der Waals surface area contributed by atoms with E-state index in [0.29, 0.717) is 11.3 Å². The Hall–Kier alpha value is -2.37. The zero-order valence-corrected chi connectivity index (χ0v) is 11.8. The number of carboxylic acids is 1. The van der Waals surface area contributed by atoms with E-state index in [1.807, 2.05) is 0 Å². The highest BCUT2D eigenvalue weighted by Crippen LogP contribution is 2.30. The SMILES string of the molecule is CC(CNC(=O)c1ccc(NC(=O)C2CC2)cc1)C(=O)O.